The monoisotopic (exact) mass is 187 g/mol. The van der Waals surface area contributed by atoms with Crippen LogP contribution in [0.2, 0.25) is 0 Å². The zero-order valence-corrected chi connectivity index (χ0v) is 8.10. The normalized spacial score (nSPS) is 12.8. The molecular formula is C7H13N3OS. The van der Waals surface area contributed by atoms with Crippen LogP contribution in [0.5, 0.6) is 0 Å². The summed E-state index contributed by atoms with van der Waals surface area (Å²) >= 11 is 1.50. The van der Waals surface area contributed by atoms with Crippen LogP contribution in [0.4, 0.5) is 5.13 Å². The molecule has 0 radical (unpaired) electrons. The van der Waals surface area contributed by atoms with Crippen LogP contribution in [-0.2, 0) is 4.74 Å². The maximum Gasteiger partial charge on any atom is 0.205 e. The number of anilines is 1. The lowest BCUT2D eigenvalue weighted by atomic mass is 10.4. The highest BCUT2D eigenvalue weighted by atomic mass is 32.1. The van der Waals surface area contributed by atoms with Gasteiger partial charge in [0.15, 0.2) is 0 Å². The van der Waals surface area contributed by atoms with Crippen molar-refractivity contribution in [3.63, 3.8) is 0 Å². The predicted octanol–water partition coefficient (Wildman–Crippen LogP) is 1.37. The first-order valence-electron chi connectivity index (χ1n) is 3.93. The average molecular weight is 187 g/mol. The molecule has 0 fully saturated rings. The zero-order valence-electron chi connectivity index (χ0n) is 7.28. The standard InChI is InChI=1S/C7H13N3OS/c1-3-11-4-6(2)9-7-10-8-5-12-7/h5-6H,3-4H2,1-2H3,(H,9,10). The summed E-state index contributed by atoms with van der Waals surface area (Å²) in [5.74, 6) is 0. The first-order valence-corrected chi connectivity index (χ1v) is 4.81. The summed E-state index contributed by atoms with van der Waals surface area (Å²) in [5.41, 5.74) is 1.70. The highest BCUT2D eigenvalue weighted by molar-refractivity contribution is 7.13. The Bertz CT molecular complexity index is 202. The summed E-state index contributed by atoms with van der Waals surface area (Å²) in [7, 11) is 0. The highest BCUT2D eigenvalue weighted by Crippen LogP contribution is 2.09. The molecule has 1 atom stereocenters. The van der Waals surface area contributed by atoms with Crippen molar-refractivity contribution in [3.05, 3.63) is 5.51 Å². The molecule has 1 unspecified atom stereocenters. The third-order valence-electron chi connectivity index (χ3n) is 1.30. The average Bonchev–Trinajstić information content (AvgIpc) is 2.53. The molecular weight excluding hydrogens is 174 g/mol. The largest absolute Gasteiger partial charge is 0.380 e. The lowest BCUT2D eigenvalue weighted by molar-refractivity contribution is 0.141. The number of rotatable bonds is 5. The molecule has 1 aromatic heterocycles. The van der Waals surface area contributed by atoms with Crippen molar-refractivity contribution in [3.8, 4) is 0 Å². The lowest BCUT2D eigenvalue weighted by Crippen LogP contribution is -2.21. The predicted molar refractivity (Wildman–Crippen MR) is 49.5 cm³/mol. The maximum atomic E-state index is 5.24. The van der Waals surface area contributed by atoms with E-state index in [1.54, 1.807) is 5.51 Å². The molecule has 1 heterocycles. The molecule has 0 aliphatic heterocycles. The molecule has 5 heteroatoms. The second-order valence-corrected chi connectivity index (χ2v) is 3.28. The molecule has 0 aliphatic rings. The molecule has 0 aromatic carbocycles. The maximum absolute atomic E-state index is 5.24. The molecule has 1 N–H and O–H groups in total. The van der Waals surface area contributed by atoms with E-state index < -0.39 is 0 Å². The molecule has 0 saturated heterocycles. The molecule has 12 heavy (non-hydrogen) atoms. The topological polar surface area (TPSA) is 47.0 Å². The Morgan fingerprint density at radius 2 is 2.58 bits per heavy atom. The number of hydrogen-bond acceptors (Lipinski definition) is 5. The van der Waals surface area contributed by atoms with Crippen LogP contribution in [0.1, 0.15) is 13.8 Å². The summed E-state index contributed by atoms with van der Waals surface area (Å²) < 4.78 is 5.24. The number of nitrogens with zero attached hydrogens (tertiary/aromatic N) is 2. The molecule has 0 spiro atoms. The van der Waals surface area contributed by atoms with Crippen molar-refractivity contribution in [1.29, 1.82) is 0 Å². The van der Waals surface area contributed by atoms with Gasteiger partial charge in [-0.2, -0.15) is 0 Å². The summed E-state index contributed by atoms with van der Waals surface area (Å²) in [4.78, 5) is 0. The van der Waals surface area contributed by atoms with Gasteiger partial charge in [0.05, 0.1) is 6.61 Å². The van der Waals surface area contributed by atoms with Crippen LogP contribution in [0, 0.1) is 0 Å². The van der Waals surface area contributed by atoms with Crippen molar-refractivity contribution in [1.82, 2.24) is 10.2 Å². The fourth-order valence-electron chi connectivity index (χ4n) is 0.783. The summed E-state index contributed by atoms with van der Waals surface area (Å²) in [6, 6.07) is 0.290. The Hall–Kier alpha value is -0.680. The minimum Gasteiger partial charge on any atom is -0.380 e. The van der Waals surface area contributed by atoms with Crippen molar-refractivity contribution < 1.29 is 4.74 Å². The molecule has 1 aromatic rings. The van der Waals surface area contributed by atoms with E-state index >= 15 is 0 Å². The van der Waals surface area contributed by atoms with Gasteiger partial charge in [-0.15, -0.1) is 10.2 Å². The van der Waals surface area contributed by atoms with Crippen molar-refractivity contribution in [2.45, 2.75) is 19.9 Å². The Labute approximate surface area is 76.0 Å². The van der Waals surface area contributed by atoms with E-state index in [4.69, 9.17) is 4.74 Å². The minimum absolute atomic E-state index is 0.290. The Morgan fingerprint density at radius 1 is 1.75 bits per heavy atom. The molecule has 0 saturated carbocycles. The van der Waals surface area contributed by atoms with Crippen molar-refractivity contribution in [2.75, 3.05) is 18.5 Å². The van der Waals surface area contributed by atoms with Crippen LogP contribution in [0.3, 0.4) is 0 Å². The third-order valence-corrected chi connectivity index (χ3v) is 1.92. The smallest absolute Gasteiger partial charge is 0.205 e. The van der Waals surface area contributed by atoms with Gasteiger partial charge in [0.2, 0.25) is 5.13 Å². The van der Waals surface area contributed by atoms with E-state index in [2.05, 4.69) is 22.4 Å². The fourth-order valence-corrected chi connectivity index (χ4v) is 1.34. The summed E-state index contributed by atoms with van der Waals surface area (Å²) in [6.45, 7) is 5.49. The molecule has 68 valence electrons. The Morgan fingerprint density at radius 3 is 3.17 bits per heavy atom. The van der Waals surface area contributed by atoms with Gasteiger partial charge in [-0.3, -0.25) is 0 Å². The Kier molecular flexibility index (Phi) is 3.96. The highest BCUT2D eigenvalue weighted by Gasteiger charge is 2.02. The van der Waals surface area contributed by atoms with Crippen LogP contribution in [-0.4, -0.2) is 29.5 Å². The van der Waals surface area contributed by atoms with Crippen molar-refractivity contribution in [2.24, 2.45) is 0 Å². The molecule has 0 aliphatic carbocycles. The van der Waals surface area contributed by atoms with E-state index in [-0.39, 0.29) is 6.04 Å². The quantitative estimate of drug-likeness (QED) is 0.756. The van der Waals surface area contributed by atoms with Gasteiger partial charge in [0.25, 0.3) is 0 Å². The van der Waals surface area contributed by atoms with Gasteiger partial charge in [0, 0.05) is 12.6 Å². The van der Waals surface area contributed by atoms with Gasteiger partial charge in [-0.1, -0.05) is 11.3 Å². The fraction of sp³-hybridized carbons (Fsp3) is 0.714. The summed E-state index contributed by atoms with van der Waals surface area (Å²) in [6.07, 6.45) is 0. The van der Waals surface area contributed by atoms with Gasteiger partial charge < -0.3 is 10.1 Å². The molecule has 4 nitrogen and oxygen atoms in total. The van der Waals surface area contributed by atoms with Gasteiger partial charge in [-0.25, -0.2) is 0 Å². The minimum atomic E-state index is 0.290. The molecule has 0 bridgehead atoms. The van der Waals surface area contributed by atoms with E-state index in [0.717, 1.165) is 11.7 Å². The SMILES string of the molecule is CCOCC(C)Nc1nncs1. The first kappa shape index (κ1) is 9.41. The number of nitrogens with one attached hydrogen (secondary N) is 1. The second-order valence-electron chi connectivity index (χ2n) is 2.45. The second kappa shape index (κ2) is 5.05. The van der Waals surface area contributed by atoms with Crippen LogP contribution in [0.25, 0.3) is 0 Å². The van der Waals surface area contributed by atoms with Crippen LogP contribution >= 0.6 is 11.3 Å². The van der Waals surface area contributed by atoms with E-state index in [9.17, 15) is 0 Å². The van der Waals surface area contributed by atoms with Crippen LogP contribution in [0.15, 0.2) is 5.51 Å². The number of aromatic nitrogens is 2. The third kappa shape index (κ3) is 3.15. The number of ether oxygens (including phenoxy) is 1. The van der Waals surface area contributed by atoms with Crippen molar-refractivity contribution >= 4 is 16.5 Å². The van der Waals surface area contributed by atoms with E-state index in [1.807, 2.05) is 6.92 Å². The van der Waals surface area contributed by atoms with Gasteiger partial charge >= 0.3 is 0 Å². The molecule has 0 amide bonds. The first-order chi connectivity index (χ1) is 5.83. The molecule has 1 rings (SSSR count). The number of hydrogen-bond donors (Lipinski definition) is 1. The Balaban J connectivity index is 2.22. The van der Waals surface area contributed by atoms with Crippen LogP contribution < -0.4 is 5.32 Å². The van der Waals surface area contributed by atoms with E-state index in [0.29, 0.717) is 6.61 Å². The van der Waals surface area contributed by atoms with E-state index in [1.165, 1.54) is 11.3 Å². The van der Waals surface area contributed by atoms with Gasteiger partial charge in [-0.05, 0) is 13.8 Å². The lowest BCUT2D eigenvalue weighted by Gasteiger charge is -2.11. The zero-order chi connectivity index (χ0) is 8.81. The van der Waals surface area contributed by atoms with Gasteiger partial charge in [0.1, 0.15) is 5.51 Å². The summed E-state index contributed by atoms with van der Waals surface area (Å²) in [5, 5.41) is 11.6.